The number of para-hydroxylation sites is 1. The lowest BCUT2D eigenvalue weighted by Gasteiger charge is -2.43. The summed E-state index contributed by atoms with van der Waals surface area (Å²) in [4.78, 5) is 37.4. The van der Waals surface area contributed by atoms with Gasteiger partial charge in [0.25, 0.3) is 0 Å². The molecule has 0 radical (unpaired) electrons. The number of hydrogen-bond acceptors (Lipinski definition) is 8. The lowest BCUT2D eigenvalue weighted by Crippen LogP contribution is -2.46. The molecule has 0 spiro atoms. The van der Waals surface area contributed by atoms with Crippen LogP contribution in [-0.2, 0) is 14.3 Å². The van der Waals surface area contributed by atoms with E-state index in [1.54, 1.807) is 11.0 Å². The molecule has 3 aromatic rings. The largest absolute Gasteiger partial charge is 0.383 e. The van der Waals surface area contributed by atoms with E-state index in [2.05, 4.69) is 67.3 Å². The van der Waals surface area contributed by atoms with Crippen LogP contribution in [0.3, 0.4) is 0 Å². The normalized spacial score (nSPS) is 22.9. The fourth-order valence-electron chi connectivity index (χ4n) is 5.79. The van der Waals surface area contributed by atoms with Gasteiger partial charge in [0, 0.05) is 36.0 Å². The number of likely N-dealkylation sites (tertiary alicyclic amines) is 2. The number of amides is 2. The van der Waals surface area contributed by atoms with Crippen molar-refractivity contribution in [3.05, 3.63) is 47.1 Å². The molecule has 0 bridgehead atoms. The molecule has 3 saturated heterocycles. The number of nitrogens with zero attached hydrogens (tertiary/aromatic N) is 4. The maximum absolute atomic E-state index is 12.2. The average molecular weight is 579 g/mol. The van der Waals surface area contributed by atoms with Gasteiger partial charge in [-0.1, -0.05) is 19.1 Å². The quantitative estimate of drug-likeness (QED) is 0.427. The number of thiazole rings is 1. The van der Waals surface area contributed by atoms with Crippen molar-refractivity contribution in [3.8, 4) is 0 Å². The van der Waals surface area contributed by atoms with Crippen LogP contribution < -0.4 is 11.1 Å². The lowest BCUT2D eigenvalue weighted by atomic mass is 9.83. The van der Waals surface area contributed by atoms with E-state index in [0.29, 0.717) is 55.2 Å². The van der Waals surface area contributed by atoms with E-state index in [0.717, 1.165) is 23.9 Å². The highest BCUT2D eigenvalue weighted by molar-refractivity contribution is 7.18. The molecule has 3 aliphatic heterocycles. The van der Waals surface area contributed by atoms with E-state index in [1.165, 1.54) is 35.3 Å². The summed E-state index contributed by atoms with van der Waals surface area (Å²) in [5, 5.41) is 3.97. The number of nitrogens with two attached hydrogens (primary N) is 1. The van der Waals surface area contributed by atoms with Gasteiger partial charge in [-0.15, -0.1) is 11.3 Å². The molecule has 2 unspecified atom stereocenters. The molecule has 9 nitrogen and oxygen atoms in total. The minimum Gasteiger partial charge on any atom is -0.383 e. The number of carbonyl (C=O) groups excluding carboxylic acids is 2. The van der Waals surface area contributed by atoms with Crippen molar-refractivity contribution in [1.29, 1.82) is 0 Å². The topological polar surface area (TPSA) is 114 Å². The van der Waals surface area contributed by atoms with Gasteiger partial charge >= 0.3 is 11.8 Å². The number of anilines is 2. The molecule has 1 aromatic carbocycles. The summed E-state index contributed by atoms with van der Waals surface area (Å²) in [6.07, 6.45) is 5.96. The Hall–Kier alpha value is -3.08. The van der Waals surface area contributed by atoms with E-state index in [4.69, 9.17) is 15.5 Å². The molecule has 3 aliphatic rings. The molecule has 3 N–H and O–H groups in total. The summed E-state index contributed by atoms with van der Waals surface area (Å²) >= 11 is 1.88. The van der Waals surface area contributed by atoms with Gasteiger partial charge in [-0.25, -0.2) is 9.97 Å². The minimum atomic E-state index is -0.624. The van der Waals surface area contributed by atoms with Gasteiger partial charge in [0.2, 0.25) is 0 Å². The van der Waals surface area contributed by atoms with Gasteiger partial charge in [0.1, 0.15) is 5.82 Å². The monoisotopic (exact) mass is 578 g/mol. The summed E-state index contributed by atoms with van der Waals surface area (Å²) in [7, 11) is 2.23. The summed E-state index contributed by atoms with van der Waals surface area (Å²) in [6.45, 7) is 10.4. The Morgan fingerprint density at radius 1 is 1.15 bits per heavy atom. The van der Waals surface area contributed by atoms with Crippen molar-refractivity contribution >= 4 is 44.9 Å². The number of carbonyl (C=O) groups is 2. The summed E-state index contributed by atoms with van der Waals surface area (Å²) in [5.74, 6) is 0.603. The molecule has 6 rings (SSSR count). The summed E-state index contributed by atoms with van der Waals surface area (Å²) in [6, 6.07) is 10.2. The molecular weight excluding hydrogens is 536 g/mol. The zero-order valence-corrected chi connectivity index (χ0v) is 25.4. The molecule has 5 heterocycles. The van der Waals surface area contributed by atoms with Crippen molar-refractivity contribution in [2.45, 2.75) is 63.8 Å². The first kappa shape index (κ1) is 29.4. The minimum absolute atomic E-state index is 0.206. The van der Waals surface area contributed by atoms with Gasteiger partial charge in [0.15, 0.2) is 0 Å². The highest BCUT2D eigenvalue weighted by Gasteiger charge is 2.34. The Labute approximate surface area is 246 Å². The Morgan fingerprint density at radius 2 is 1.93 bits per heavy atom. The van der Waals surface area contributed by atoms with Crippen molar-refractivity contribution in [3.63, 3.8) is 0 Å². The van der Waals surface area contributed by atoms with Gasteiger partial charge in [-0.05, 0) is 77.2 Å². The summed E-state index contributed by atoms with van der Waals surface area (Å²) < 4.78 is 6.48. The van der Waals surface area contributed by atoms with Gasteiger partial charge < -0.3 is 25.6 Å². The third-order valence-corrected chi connectivity index (χ3v) is 9.87. The van der Waals surface area contributed by atoms with Crippen LogP contribution in [0.4, 0.5) is 11.5 Å². The van der Waals surface area contributed by atoms with Gasteiger partial charge in [-0.3, -0.25) is 9.59 Å². The molecule has 0 saturated carbocycles. The van der Waals surface area contributed by atoms with Crippen LogP contribution in [0.1, 0.15) is 68.9 Å². The predicted molar refractivity (Wildman–Crippen MR) is 164 cm³/mol. The molecule has 0 aliphatic carbocycles. The zero-order valence-electron chi connectivity index (χ0n) is 24.6. The van der Waals surface area contributed by atoms with Crippen molar-refractivity contribution < 1.29 is 14.3 Å². The number of aromatic nitrogens is 2. The highest BCUT2D eigenvalue weighted by atomic mass is 32.1. The third kappa shape index (κ3) is 6.88. The average Bonchev–Trinajstić information content (AvgIpc) is 3.35. The van der Waals surface area contributed by atoms with Crippen molar-refractivity contribution in [2.75, 3.05) is 50.9 Å². The Balaban J connectivity index is 0.000000169. The molecule has 2 amide bonds. The number of rotatable bonds is 3. The lowest BCUT2D eigenvalue weighted by molar-refractivity contribution is -0.144. The fraction of sp³-hybridized carbons (Fsp3) is 0.548. The SMILES string of the molecule is CC1CCCN(C(=O)C(=O)Nc2cnc(N)c(C3COC3)c2)C1.CN1CCC(c2nc3ccccc3s2)CC1(C)C. The predicted octanol–water partition coefficient (Wildman–Crippen LogP) is 4.86. The van der Waals surface area contributed by atoms with Crippen LogP contribution in [0.5, 0.6) is 0 Å². The van der Waals surface area contributed by atoms with E-state index >= 15 is 0 Å². The second kappa shape index (κ2) is 12.4. The molecule has 41 heavy (non-hydrogen) atoms. The molecule has 3 fully saturated rings. The standard InChI is InChI=1S/C16H22N4O3.C15H20N2S/c1-10-3-2-4-20(7-10)16(22)15(21)19-12-5-13(11-8-23-9-11)14(17)18-6-12;1-15(2)10-11(8-9-17(15)3)14-16-12-6-4-5-7-13(12)18-14/h5-6,10-11H,2-4,7-9H2,1H3,(H2,17,18)(H,19,21);4-7,11H,8-10H2,1-3H3. The third-order valence-electron chi connectivity index (χ3n) is 8.68. The Morgan fingerprint density at radius 3 is 2.61 bits per heavy atom. The number of hydrogen-bond donors (Lipinski definition) is 2. The van der Waals surface area contributed by atoms with Crippen LogP contribution in [0.15, 0.2) is 36.5 Å². The Kier molecular flexibility index (Phi) is 8.91. The second-order valence-electron chi connectivity index (χ2n) is 12.3. The maximum Gasteiger partial charge on any atom is 0.313 e. The molecule has 220 valence electrons. The van der Waals surface area contributed by atoms with Gasteiger partial charge in [0.05, 0.1) is 40.3 Å². The number of ether oxygens (including phenoxy) is 1. The van der Waals surface area contributed by atoms with E-state index in [-0.39, 0.29) is 5.92 Å². The molecule has 2 aromatic heterocycles. The van der Waals surface area contributed by atoms with E-state index in [9.17, 15) is 9.59 Å². The van der Waals surface area contributed by atoms with Crippen LogP contribution >= 0.6 is 11.3 Å². The molecule has 10 heteroatoms. The zero-order chi connectivity index (χ0) is 29.1. The molecular formula is C31H42N6O3S. The van der Waals surface area contributed by atoms with Crippen LogP contribution in [0.25, 0.3) is 10.2 Å². The first-order chi connectivity index (χ1) is 19.6. The maximum atomic E-state index is 12.2. The number of fused-ring (bicyclic) bond motifs is 1. The van der Waals surface area contributed by atoms with Gasteiger partial charge in [-0.2, -0.15) is 0 Å². The highest BCUT2D eigenvalue weighted by Crippen LogP contribution is 2.39. The van der Waals surface area contributed by atoms with E-state index in [1.807, 2.05) is 11.3 Å². The van der Waals surface area contributed by atoms with Crippen molar-refractivity contribution in [2.24, 2.45) is 5.92 Å². The fourth-order valence-corrected chi connectivity index (χ4v) is 6.90. The van der Waals surface area contributed by atoms with E-state index < -0.39 is 11.8 Å². The first-order valence-corrected chi connectivity index (χ1v) is 15.4. The number of nitrogen functional groups attached to an aromatic ring is 1. The van der Waals surface area contributed by atoms with Crippen molar-refractivity contribution in [1.82, 2.24) is 19.8 Å². The number of pyridine rings is 1. The number of benzene rings is 1. The smallest absolute Gasteiger partial charge is 0.313 e. The molecule has 2 atom stereocenters. The summed E-state index contributed by atoms with van der Waals surface area (Å²) in [5.41, 5.74) is 8.67. The number of piperidine rings is 2. The van der Waals surface area contributed by atoms with Crippen LogP contribution in [0, 0.1) is 5.92 Å². The van der Waals surface area contributed by atoms with Crippen LogP contribution in [-0.4, -0.2) is 77.0 Å². The number of nitrogens with one attached hydrogen (secondary N) is 1. The Bertz CT molecular complexity index is 1350. The van der Waals surface area contributed by atoms with Crippen LogP contribution in [0.2, 0.25) is 0 Å². The second-order valence-corrected chi connectivity index (χ2v) is 13.4. The first-order valence-electron chi connectivity index (χ1n) is 14.6.